The van der Waals surface area contributed by atoms with Crippen LogP contribution in [-0.4, -0.2) is 54.2 Å². The molecule has 0 radical (unpaired) electrons. The average Bonchev–Trinajstić information content (AvgIpc) is 2.92. The third-order valence-corrected chi connectivity index (χ3v) is 6.28. The number of benzene rings is 1. The minimum Gasteiger partial charge on any atom is -0.490 e. The molecule has 7 nitrogen and oxygen atoms in total. The molecule has 2 aromatic rings. The smallest absolute Gasteiger partial charge is 0.267 e. The summed E-state index contributed by atoms with van der Waals surface area (Å²) in [5.74, 6) is 3.79. The summed E-state index contributed by atoms with van der Waals surface area (Å²) < 4.78 is 7.34. The van der Waals surface area contributed by atoms with Gasteiger partial charge in [-0.05, 0) is 76.0 Å². The van der Waals surface area contributed by atoms with E-state index in [9.17, 15) is 4.79 Å². The van der Waals surface area contributed by atoms with Crippen LogP contribution in [-0.2, 0) is 11.3 Å². The highest BCUT2D eigenvalue weighted by Crippen LogP contribution is 2.18. The Hall–Kier alpha value is -3.89. The second-order valence-corrected chi connectivity index (χ2v) is 9.17. The minimum absolute atomic E-state index is 0.162. The zero-order chi connectivity index (χ0) is 26.5. The van der Waals surface area contributed by atoms with Gasteiger partial charge in [0.15, 0.2) is 5.76 Å². The molecule has 0 spiro atoms. The largest absolute Gasteiger partial charge is 0.490 e. The van der Waals surface area contributed by atoms with E-state index in [0.29, 0.717) is 43.5 Å². The predicted molar refractivity (Wildman–Crippen MR) is 151 cm³/mol. The van der Waals surface area contributed by atoms with Gasteiger partial charge in [-0.3, -0.25) is 9.79 Å². The van der Waals surface area contributed by atoms with Crippen LogP contribution in [0.5, 0.6) is 0 Å². The van der Waals surface area contributed by atoms with Crippen LogP contribution in [0.15, 0.2) is 81.9 Å². The Morgan fingerprint density at radius 2 is 2.11 bits per heavy atom. The van der Waals surface area contributed by atoms with Gasteiger partial charge in [0.2, 0.25) is 0 Å². The van der Waals surface area contributed by atoms with E-state index in [1.165, 1.54) is 16.9 Å². The molecule has 1 aliphatic heterocycles. The van der Waals surface area contributed by atoms with Gasteiger partial charge in [-0.1, -0.05) is 36.3 Å². The second-order valence-electron chi connectivity index (χ2n) is 9.17. The lowest BCUT2D eigenvalue weighted by Crippen LogP contribution is -2.32. The standard InChI is InChI=1S/C30H37N5O2/c1-4-8-25(10-7-16-32-21-28(20-31)37-23-26-14-17-34(3)18-15-26)22-35-30(36)13-12-29(33-35)27-11-6-9-24(5-2)19-27/h2,4,6,8-13,19-21,26H,7,14-18,22-23,31H2,1,3H3/b8-4-,25-10+,28-20+,32-21?. The third-order valence-electron chi connectivity index (χ3n) is 6.28. The second kappa shape index (κ2) is 14.6. The summed E-state index contributed by atoms with van der Waals surface area (Å²) in [6.45, 7) is 5.78. The van der Waals surface area contributed by atoms with E-state index in [4.69, 9.17) is 16.9 Å². The van der Waals surface area contributed by atoms with Gasteiger partial charge in [-0.15, -0.1) is 6.42 Å². The molecular formula is C30H37N5O2. The van der Waals surface area contributed by atoms with Crippen molar-refractivity contribution < 1.29 is 4.74 Å². The Labute approximate surface area is 220 Å². The van der Waals surface area contributed by atoms with Gasteiger partial charge < -0.3 is 15.4 Å². The number of nitrogens with zero attached hydrogens (tertiary/aromatic N) is 4. The first kappa shape index (κ1) is 27.7. The van der Waals surface area contributed by atoms with Gasteiger partial charge in [0.25, 0.3) is 5.56 Å². The monoisotopic (exact) mass is 499 g/mol. The van der Waals surface area contributed by atoms with Gasteiger partial charge in [0, 0.05) is 29.9 Å². The first-order chi connectivity index (χ1) is 18.0. The summed E-state index contributed by atoms with van der Waals surface area (Å²) in [4.78, 5) is 19.3. The molecule has 2 N–H and O–H groups in total. The van der Waals surface area contributed by atoms with Crippen LogP contribution in [0.25, 0.3) is 11.3 Å². The van der Waals surface area contributed by atoms with Crippen LogP contribution in [0.3, 0.4) is 0 Å². The van der Waals surface area contributed by atoms with Crippen LogP contribution in [0, 0.1) is 18.3 Å². The van der Waals surface area contributed by atoms with Crippen molar-refractivity contribution in [2.45, 2.75) is 32.7 Å². The van der Waals surface area contributed by atoms with Gasteiger partial charge in [-0.25, -0.2) is 4.68 Å². The summed E-state index contributed by atoms with van der Waals surface area (Å²) in [5.41, 5.74) is 8.89. The van der Waals surface area contributed by atoms with E-state index >= 15 is 0 Å². The Bertz CT molecular complexity index is 1240. The molecule has 0 aliphatic carbocycles. The topological polar surface area (TPSA) is 85.7 Å². The number of aliphatic imine (C=N–C) groups is 1. The molecule has 0 bridgehead atoms. The first-order valence-electron chi connectivity index (χ1n) is 12.7. The number of likely N-dealkylation sites (tertiary alicyclic amines) is 1. The number of hydrogen-bond donors (Lipinski definition) is 1. The lowest BCUT2D eigenvalue weighted by molar-refractivity contribution is 0.126. The maximum absolute atomic E-state index is 12.5. The van der Waals surface area contributed by atoms with Crippen LogP contribution < -0.4 is 11.3 Å². The van der Waals surface area contributed by atoms with Gasteiger partial charge in [0.1, 0.15) is 0 Å². The van der Waals surface area contributed by atoms with E-state index in [1.807, 2.05) is 43.3 Å². The van der Waals surface area contributed by atoms with Crippen molar-refractivity contribution in [1.82, 2.24) is 14.7 Å². The molecule has 194 valence electrons. The van der Waals surface area contributed by atoms with Gasteiger partial charge in [-0.2, -0.15) is 5.10 Å². The number of terminal acetylenes is 1. The van der Waals surface area contributed by atoms with Crippen molar-refractivity contribution in [1.29, 1.82) is 0 Å². The van der Waals surface area contributed by atoms with E-state index in [0.717, 1.165) is 42.6 Å². The normalized spacial score (nSPS) is 15.9. The van der Waals surface area contributed by atoms with Crippen molar-refractivity contribution in [3.05, 3.63) is 88.1 Å². The van der Waals surface area contributed by atoms with Crippen LogP contribution in [0.1, 0.15) is 31.7 Å². The summed E-state index contributed by atoms with van der Waals surface area (Å²) >= 11 is 0. The van der Waals surface area contributed by atoms with Crippen LogP contribution in [0.4, 0.5) is 0 Å². The van der Waals surface area contributed by atoms with Crippen LogP contribution >= 0.6 is 0 Å². The van der Waals surface area contributed by atoms with E-state index in [1.54, 1.807) is 12.3 Å². The number of piperidine rings is 1. The van der Waals surface area contributed by atoms with Gasteiger partial charge in [0.05, 0.1) is 25.1 Å². The van der Waals surface area contributed by atoms with E-state index in [2.05, 4.69) is 34.0 Å². The minimum atomic E-state index is -0.162. The number of nitrogens with two attached hydrogens (primary N) is 1. The summed E-state index contributed by atoms with van der Waals surface area (Å²) in [6.07, 6.45) is 17.7. The number of aromatic nitrogens is 2. The van der Waals surface area contributed by atoms with E-state index < -0.39 is 0 Å². The van der Waals surface area contributed by atoms with Crippen molar-refractivity contribution >= 4 is 6.21 Å². The fourth-order valence-electron chi connectivity index (χ4n) is 4.11. The molecule has 1 fully saturated rings. The highest BCUT2D eigenvalue weighted by molar-refractivity contribution is 5.75. The molecule has 7 heteroatoms. The highest BCUT2D eigenvalue weighted by Gasteiger charge is 2.17. The molecule has 1 aromatic heterocycles. The summed E-state index contributed by atoms with van der Waals surface area (Å²) in [5, 5.41) is 4.57. The quantitative estimate of drug-likeness (QED) is 0.166. The molecule has 37 heavy (non-hydrogen) atoms. The predicted octanol–water partition coefficient (Wildman–Crippen LogP) is 4.01. The molecule has 0 saturated carbocycles. The SMILES string of the molecule is C#Cc1cccc(-c2ccc(=O)n(CC(/C=C\C)=C/CCN=C/C(=C\N)OCC3CCN(C)CC3)n2)c1. The summed E-state index contributed by atoms with van der Waals surface area (Å²) in [6, 6.07) is 10.8. The van der Waals surface area contributed by atoms with Crippen molar-refractivity contribution in [2.75, 3.05) is 33.3 Å². The fourth-order valence-corrected chi connectivity index (χ4v) is 4.11. The fraction of sp³-hybridized carbons (Fsp3) is 0.367. The number of ether oxygens (including phenoxy) is 1. The van der Waals surface area contributed by atoms with E-state index in [-0.39, 0.29) is 5.56 Å². The molecular weight excluding hydrogens is 462 g/mol. The molecule has 1 saturated heterocycles. The molecule has 1 aromatic carbocycles. The van der Waals surface area contributed by atoms with Crippen molar-refractivity contribution in [2.24, 2.45) is 16.6 Å². The number of hydrogen-bond acceptors (Lipinski definition) is 6. The van der Waals surface area contributed by atoms with Crippen molar-refractivity contribution in [3.63, 3.8) is 0 Å². The maximum Gasteiger partial charge on any atom is 0.267 e. The molecule has 0 atom stereocenters. The maximum atomic E-state index is 12.5. The lowest BCUT2D eigenvalue weighted by atomic mass is 9.98. The Balaban J connectivity index is 1.57. The number of allylic oxidation sites excluding steroid dienone is 4. The first-order valence-corrected chi connectivity index (χ1v) is 12.7. The molecule has 0 unspecified atom stereocenters. The Kier molecular flexibility index (Phi) is 10.9. The molecule has 3 rings (SSSR count). The third kappa shape index (κ3) is 8.93. The molecule has 2 heterocycles. The molecule has 0 amide bonds. The zero-order valence-electron chi connectivity index (χ0n) is 21.8. The van der Waals surface area contributed by atoms with Crippen LogP contribution in [0.2, 0.25) is 0 Å². The number of rotatable bonds is 11. The lowest BCUT2D eigenvalue weighted by Gasteiger charge is -2.28. The molecule has 1 aliphatic rings. The summed E-state index contributed by atoms with van der Waals surface area (Å²) in [7, 11) is 2.15. The average molecular weight is 500 g/mol. The highest BCUT2D eigenvalue weighted by atomic mass is 16.5. The Morgan fingerprint density at radius 3 is 2.84 bits per heavy atom. The zero-order valence-corrected chi connectivity index (χ0v) is 21.8. The Morgan fingerprint density at radius 1 is 1.30 bits per heavy atom. The van der Waals surface area contributed by atoms with Crippen molar-refractivity contribution in [3.8, 4) is 23.6 Å². The van der Waals surface area contributed by atoms with Gasteiger partial charge >= 0.3 is 0 Å².